The standard InChI is InChI=1S/C15H34P/c1-5-9-11-14-16(8-4,13-7-3)15-12-10-6-2/h5-15H2,1-4H3/q+1. The maximum Gasteiger partial charge on any atom is 0.0594 e. The van der Waals surface area contributed by atoms with Crippen LogP contribution in [0.4, 0.5) is 0 Å². The molecule has 0 saturated carbocycles. The number of rotatable bonds is 11. The second-order valence-corrected chi connectivity index (χ2v) is 9.90. The number of unbranched alkanes of at least 4 members (excludes halogenated alkanes) is 4. The Bertz CT molecular complexity index is 132. The third-order valence-electron chi connectivity index (χ3n) is 3.84. The summed E-state index contributed by atoms with van der Waals surface area (Å²) in [5.74, 6) is 0. The molecule has 0 nitrogen and oxygen atoms in total. The van der Waals surface area contributed by atoms with Crippen LogP contribution in [-0.4, -0.2) is 24.6 Å². The monoisotopic (exact) mass is 245 g/mol. The lowest BCUT2D eigenvalue weighted by Crippen LogP contribution is -2.10. The van der Waals surface area contributed by atoms with E-state index in [1.807, 2.05) is 0 Å². The molecule has 0 aliphatic rings. The van der Waals surface area contributed by atoms with Crippen LogP contribution in [0.3, 0.4) is 0 Å². The second-order valence-electron chi connectivity index (χ2n) is 5.24. The van der Waals surface area contributed by atoms with Gasteiger partial charge < -0.3 is 0 Å². The van der Waals surface area contributed by atoms with Crippen LogP contribution in [0.5, 0.6) is 0 Å². The van der Waals surface area contributed by atoms with Gasteiger partial charge in [-0.15, -0.1) is 0 Å². The molecule has 0 aliphatic heterocycles. The summed E-state index contributed by atoms with van der Waals surface area (Å²) in [6.45, 7) is 9.48. The highest BCUT2D eigenvalue weighted by Crippen LogP contribution is 2.60. The lowest BCUT2D eigenvalue weighted by Gasteiger charge is -2.26. The average Bonchev–Trinajstić information content (AvgIpc) is 2.29. The van der Waals surface area contributed by atoms with Crippen LogP contribution in [0.1, 0.15) is 72.6 Å². The zero-order chi connectivity index (χ0) is 12.3. The van der Waals surface area contributed by atoms with Gasteiger partial charge in [0, 0.05) is 7.26 Å². The van der Waals surface area contributed by atoms with E-state index in [-0.39, 0.29) is 0 Å². The van der Waals surface area contributed by atoms with E-state index in [0.29, 0.717) is 0 Å². The van der Waals surface area contributed by atoms with Crippen LogP contribution >= 0.6 is 7.26 Å². The summed E-state index contributed by atoms with van der Waals surface area (Å²) in [5, 5.41) is 0. The smallest absolute Gasteiger partial charge is 0.0594 e. The number of hydrogen-bond donors (Lipinski definition) is 0. The molecule has 0 saturated heterocycles. The highest BCUT2D eigenvalue weighted by molar-refractivity contribution is 7.75. The molecule has 0 bridgehead atoms. The Hall–Kier alpha value is 0.430. The average molecular weight is 245 g/mol. The Labute approximate surface area is 105 Å². The quantitative estimate of drug-likeness (QED) is 0.318. The molecule has 0 aromatic heterocycles. The van der Waals surface area contributed by atoms with Gasteiger partial charge in [0.05, 0.1) is 24.6 Å². The fourth-order valence-corrected chi connectivity index (χ4v) is 7.04. The summed E-state index contributed by atoms with van der Waals surface area (Å²) < 4.78 is 0. The van der Waals surface area contributed by atoms with Crippen molar-refractivity contribution in [2.24, 2.45) is 0 Å². The molecule has 0 radical (unpaired) electrons. The van der Waals surface area contributed by atoms with Gasteiger partial charge in [0.1, 0.15) is 0 Å². The second kappa shape index (κ2) is 10.6. The van der Waals surface area contributed by atoms with Gasteiger partial charge in [-0.2, -0.15) is 0 Å². The summed E-state index contributed by atoms with van der Waals surface area (Å²) in [5.41, 5.74) is 0. The van der Waals surface area contributed by atoms with Gasteiger partial charge in [-0.25, -0.2) is 0 Å². The van der Waals surface area contributed by atoms with Crippen molar-refractivity contribution in [1.82, 2.24) is 0 Å². The van der Waals surface area contributed by atoms with Crippen molar-refractivity contribution in [3.05, 3.63) is 0 Å². The summed E-state index contributed by atoms with van der Waals surface area (Å²) in [6, 6.07) is 0. The van der Waals surface area contributed by atoms with E-state index in [9.17, 15) is 0 Å². The molecular weight excluding hydrogens is 211 g/mol. The molecule has 16 heavy (non-hydrogen) atoms. The molecule has 0 heterocycles. The Morgan fingerprint density at radius 1 is 0.562 bits per heavy atom. The van der Waals surface area contributed by atoms with Crippen molar-refractivity contribution in [2.75, 3.05) is 24.6 Å². The molecule has 0 amide bonds. The van der Waals surface area contributed by atoms with Crippen molar-refractivity contribution < 1.29 is 0 Å². The topological polar surface area (TPSA) is 0 Å². The van der Waals surface area contributed by atoms with E-state index in [4.69, 9.17) is 0 Å². The van der Waals surface area contributed by atoms with Crippen molar-refractivity contribution in [2.45, 2.75) is 72.6 Å². The molecule has 0 aromatic carbocycles. The van der Waals surface area contributed by atoms with Gasteiger partial charge in [0.15, 0.2) is 0 Å². The van der Waals surface area contributed by atoms with E-state index < -0.39 is 7.26 Å². The fourth-order valence-electron chi connectivity index (χ4n) is 2.68. The summed E-state index contributed by atoms with van der Waals surface area (Å²) in [7, 11) is -0.536. The van der Waals surface area contributed by atoms with Gasteiger partial charge in [0.25, 0.3) is 0 Å². The highest BCUT2D eigenvalue weighted by atomic mass is 31.2. The highest BCUT2D eigenvalue weighted by Gasteiger charge is 2.32. The van der Waals surface area contributed by atoms with Crippen LogP contribution in [0.15, 0.2) is 0 Å². The van der Waals surface area contributed by atoms with Gasteiger partial charge in [0.2, 0.25) is 0 Å². The minimum absolute atomic E-state index is 0.536. The fraction of sp³-hybridized carbons (Fsp3) is 1.00. The van der Waals surface area contributed by atoms with E-state index in [1.165, 1.54) is 51.1 Å². The van der Waals surface area contributed by atoms with E-state index in [2.05, 4.69) is 27.7 Å². The lowest BCUT2D eigenvalue weighted by molar-refractivity contribution is 0.754. The minimum atomic E-state index is -0.536. The first-order valence-electron chi connectivity index (χ1n) is 7.59. The van der Waals surface area contributed by atoms with Gasteiger partial charge in [-0.1, -0.05) is 46.5 Å². The first-order valence-corrected chi connectivity index (χ1v) is 10.1. The molecule has 0 fully saturated rings. The normalized spacial score (nSPS) is 12.0. The van der Waals surface area contributed by atoms with Crippen LogP contribution in [0.2, 0.25) is 0 Å². The van der Waals surface area contributed by atoms with Crippen molar-refractivity contribution >= 4 is 7.26 Å². The Balaban J connectivity index is 4.09. The first-order chi connectivity index (χ1) is 7.74. The van der Waals surface area contributed by atoms with E-state index in [0.717, 1.165) is 0 Å². The lowest BCUT2D eigenvalue weighted by atomic mass is 10.3. The maximum atomic E-state index is 2.46. The predicted octanol–water partition coefficient (Wildman–Crippen LogP) is 5.81. The van der Waals surface area contributed by atoms with Crippen LogP contribution in [-0.2, 0) is 0 Å². The van der Waals surface area contributed by atoms with Gasteiger partial charge in [-0.05, 0) is 26.2 Å². The number of hydrogen-bond acceptors (Lipinski definition) is 0. The predicted molar refractivity (Wildman–Crippen MR) is 81.4 cm³/mol. The Morgan fingerprint density at radius 2 is 1.06 bits per heavy atom. The molecule has 0 aliphatic carbocycles. The molecule has 0 unspecified atom stereocenters. The molecule has 0 rings (SSSR count). The molecule has 0 atom stereocenters. The van der Waals surface area contributed by atoms with Crippen molar-refractivity contribution in [3.8, 4) is 0 Å². The molecule has 0 spiro atoms. The van der Waals surface area contributed by atoms with Gasteiger partial charge in [-0.3, -0.25) is 0 Å². The van der Waals surface area contributed by atoms with Crippen LogP contribution in [0, 0.1) is 0 Å². The van der Waals surface area contributed by atoms with Crippen molar-refractivity contribution in [1.29, 1.82) is 0 Å². The summed E-state index contributed by atoms with van der Waals surface area (Å²) >= 11 is 0. The molecular formula is C15H34P+. The van der Waals surface area contributed by atoms with Crippen LogP contribution in [0.25, 0.3) is 0 Å². The zero-order valence-corrected chi connectivity index (χ0v) is 13.1. The van der Waals surface area contributed by atoms with E-state index >= 15 is 0 Å². The van der Waals surface area contributed by atoms with Gasteiger partial charge >= 0.3 is 0 Å². The zero-order valence-electron chi connectivity index (χ0n) is 12.2. The third-order valence-corrected chi connectivity index (χ3v) is 9.11. The molecule has 1 heteroatoms. The third kappa shape index (κ3) is 6.89. The van der Waals surface area contributed by atoms with Crippen LogP contribution < -0.4 is 0 Å². The molecule has 0 aromatic rings. The summed E-state index contributed by atoms with van der Waals surface area (Å²) in [6.07, 6.45) is 16.4. The van der Waals surface area contributed by atoms with Crippen molar-refractivity contribution in [3.63, 3.8) is 0 Å². The largest absolute Gasteiger partial charge is 0.0654 e. The first kappa shape index (κ1) is 16.4. The van der Waals surface area contributed by atoms with E-state index in [1.54, 1.807) is 18.5 Å². The Kier molecular flexibility index (Phi) is 10.9. The molecule has 0 N–H and O–H groups in total. The summed E-state index contributed by atoms with van der Waals surface area (Å²) in [4.78, 5) is 0. The Morgan fingerprint density at radius 3 is 1.38 bits per heavy atom. The molecule has 98 valence electrons. The maximum absolute atomic E-state index is 2.46. The SMILES string of the molecule is CCCCC[P+](CC)(CCC)CCCCC. The minimum Gasteiger partial charge on any atom is -0.0654 e.